The average Bonchev–Trinajstić information content (AvgIpc) is 2.53. The highest BCUT2D eigenvalue weighted by Gasteiger charge is 2.19. The van der Waals surface area contributed by atoms with Crippen molar-refractivity contribution in [3.63, 3.8) is 0 Å². The Morgan fingerprint density at radius 2 is 1.75 bits per heavy atom. The summed E-state index contributed by atoms with van der Waals surface area (Å²) in [5.74, 6) is -0.845. The lowest BCUT2D eigenvalue weighted by Gasteiger charge is -2.27. The van der Waals surface area contributed by atoms with Crippen LogP contribution >= 0.6 is 0 Å². The molecule has 0 aliphatic carbocycles. The third-order valence-corrected chi connectivity index (χ3v) is 3.55. The maximum absolute atomic E-state index is 14.2. The summed E-state index contributed by atoms with van der Waals surface area (Å²) in [6.45, 7) is 12.4. The van der Waals surface area contributed by atoms with Gasteiger partial charge in [0.2, 0.25) is 6.41 Å². The molecule has 0 fully saturated rings. The molecule has 0 saturated heterocycles. The molecule has 0 aromatic heterocycles. The van der Waals surface area contributed by atoms with Gasteiger partial charge in [0.25, 0.3) is 0 Å². The molecule has 1 aromatic rings. The van der Waals surface area contributed by atoms with Crippen molar-refractivity contribution in [3.8, 4) is 0 Å². The second-order valence-electron chi connectivity index (χ2n) is 8.85. The van der Waals surface area contributed by atoms with Gasteiger partial charge in [-0.2, -0.15) is 0 Å². The van der Waals surface area contributed by atoms with Crippen LogP contribution in [-0.4, -0.2) is 53.7 Å². The van der Waals surface area contributed by atoms with E-state index >= 15 is 0 Å². The number of ether oxygens (including phenoxy) is 1. The fourth-order valence-electron chi connectivity index (χ4n) is 2.50. The quantitative estimate of drug-likeness (QED) is 0.361. The topological polar surface area (TPSA) is 59.1 Å². The summed E-state index contributed by atoms with van der Waals surface area (Å²) in [5, 5.41) is 1.28. The lowest BCUT2D eigenvalue weighted by molar-refractivity contribution is -0.216. The van der Waals surface area contributed by atoms with Crippen molar-refractivity contribution >= 4 is 12.4 Å². The molecule has 0 bridgehead atoms. The van der Waals surface area contributed by atoms with Gasteiger partial charge in [0.05, 0.1) is 11.2 Å². The molecule has 0 N–H and O–H groups in total. The summed E-state index contributed by atoms with van der Waals surface area (Å²) in [4.78, 5) is 30.7. The number of benzene rings is 1. The van der Waals surface area contributed by atoms with Gasteiger partial charge in [0.15, 0.2) is 0 Å². The molecule has 0 atom stereocenters. The van der Waals surface area contributed by atoms with Crippen LogP contribution in [-0.2, 0) is 20.9 Å². The highest BCUT2D eigenvalue weighted by atomic mass is 19.1. The zero-order valence-electron chi connectivity index (χ0n) is 18.0. The van der Waals surface area contributed by atoms with Crippen molar-refractivity contribution in [2.45, 2.75) is 65.7 Å². The molecule has 28 heavy (non-hydrogen) atoms. The number of nitrogens with zero attached hydrogens (tertiary/aromatic N) is 2. The first-order chi connectivity index (χ1) is 12.8. The number of carbonyl (C=O) groups excluding carboxylic acids is 2. The largest absolute Gasteiger partial charge is 0.456 e. The van der Waals surface area contributed by atoms with E-state index in [1.807, 2.05) is 32.7 Å². The molecule has 0 spiro atoms. The number of carbonyl (C=O) groups is 2. The van der Waals surface area contributed by atoms with Gasteiger partial charge in [0.1, 0.15) is 11.4 Å². The van der Waals surface area contributed by atoms with Crippen molar-refractivity contribution in [1.29, 1.82) is 0 Å². The maximum atomic E-state index is 14.2. The number of hydrogen-bond donors (Lipinski definition) is 0. The predicted molar refractivity (Wildman–Crippen MR) is 106 cm³/mol. The molecule has 1 aromatic carbocycles. The van der Waals surface area contributed by atoms with E-state index in [2.05, 4.69) is 0 Å². The van der Waals surface area contributed by atoms with E-state index < -0.39 is 17.2 Å². The van der Waals surface area contributed by atoms with Crippen molar-refractivity contribution < 1.29 is 23.6 Å². The Bertz CT molecular complexity index is 665. The first-order valence-corrected chi connectivity index (χ1v) is 9.42. The van der Waals surface area contributed by atoms with Gasteiger partial charge < -0.3 is 9.64 Å². The van der Waals surface area contributed by atoms with Gasteiger partial charge >= 0.3 is 5.97 Å². The molecule has 1 amide bonds. The van der Waals surface area contributed by atoms with E-state index in [1.165, 1.54) is 23.3 Å². The fraction of sp³-hybridized carbons (Fsp3) is 0.619. The molecule has 0 aliphatic rings. The molecular formula is C21H33FN2O4. The van der Waals surface area contributed by atoms with Gasteiger partial charge in [0, 0.05) is 18.7 Å². The minimum atomic E-state index is -0.609. The van der Waals surface area contributed by atoms with Crippen LogP contribution in [0.25, 0.3) is 0 Å². The molecule has 0 aliphatic heterocycles. The normalized spacial score (nSPS) is 12.2. The highest BCUT2D eigenvalue weighted by molar-refractivity contribution is 5.89. The van der Waals surface area contributed by atoms with Gasteiger partial charge in [-0.3, -0.25) is 9.63 Å². The summed E-state index contributed by atoms with van der Waals surface area (Å²) in [7, 11) is 1.86. The molecular weight excluding hydrogens is 363 g/mol. The van der Waals surface area contributed by atoms with Crippen molar-refractivity contribution in [2.24, 2.45) is 0 Å². The first kappa shape index (κ1) is 24.0. The second-order valence-corrected chi connectivity index (χ2v) is 8.85. The van der Waals surface area contributed by atoms with Gasteiger partial charge in [-0.15, -0.1) is 0 Å². The second kappa shape index (κ2) is 9.98. The van der Waals surface area contributed by atoms with E-state index in [0.29, 0.717) is 43.6 Å². The van der Waals surface area contributed by atoms with Crippen LogP contribution in [0, 0.1) is 5.82 Å². The van der Waals surface area contributed by atoms with Gasteiger partial charge in [-0.25, -0.2) is 14.2 Å². The molecule has 0 radical (unpaired) electrons. The molecule has 0 saturated carbocycles. The lowest BCUT2D eigenvalue weighted by Crippen LogP contribution is -2.35. The maximum Gasteiger partial charge on any atom is 0.338 e. The number of rotatable bonds is 9. The summed E-state index contributed by atoms with van der Waals surface area (Å²) in [6.07, 6.45) is 1.33. The van der Waals surface area contributed by atoms with E-state index in [-0.39, 0.29) is 5.82 Å². The van der Waals surface area contributed by atoms with Gasteiger partial charge in [-0.1, -0.05) is 0 Å². The zero-order chi connectivity index (χ0) is 21.5. The Labute approximate surface area is 167 Å². The molecule has 6 nitrogen and oxygen atoms in total. The van der Waals surface area contributed by atoms with Crippen molar-refractivity contribution in [3.05, 3.63) is 35.1 Å². The Balaban J connectivity index is 2.63. The molecule has 158 valence electrons. The third-order valence-electron chi connectivity index (χ3n) is 3.55. The fourth-order valence-corrected chi connectivity index (χ4v) is 2.50. The number of hydrogen-bond acceptors (Lipinski definition) is 5. The van der Waals surface area contributed by atoms with Crippen LogP contribution < -0.4 is 0 Å². The Morgan fingerprint density at radius 1 is 1.11 bits per heavy atom. The monoisotopic (exact) mass is 396 g/mol. The summed E-state index contributed by atoms with van der Waals surface area (Å²) >= 11 is 0. The molecule has 1 rings (SSSR count). The standard InChI is InChI=1S/C21H33FN2O4/c1-20(2,3)27-19(26)16-9-10-18(22)17(13-16)14-23(7)11-8-12-24(15-25)28-21(4,5)6/h9-10,13,15H,8,11-12,14H2,1-7H3. The Morgan fingerprint density at radius 3 is 2.29 bits per heavy atom. The van der Waals surface area contributed by atoms with E-state index in [4.69, 9.17) is 9.57 Å². The van der Waals surface area contributed by atoms with E-state index in [0.717, 1.165) is 0 Å². The Hall–Kier alpha value is -1.99. The van der Waals surface area contributed by atoms with Crippen LogP contribution in [0.4, 0.5) is 4.39 Å². The van der Waals surface area contributed by atoms with Gasteiger partial charge in [-0.05, 0) is 79.8 Å². The van der Waals surface area contributed by atoms with Crippen LogP contribution in [0.2, 0.25) is 0 Å². The minimum Gasteiger partial charge on any atom is -0.456 e. The minimum absolute atomic E-state index is 0.324. The van der Waals surface area contributed by atoms with Crippen molar-refractivity contribution in [1.82, 2.24) is 9.96 Å². The van der Waals surface area contributed by atoms with Crippen LogP contribution in [0.15, 0.2) is 18.2 Å². The SMILES string of the molecule is CN(CCCN(C=O)OC(C)(C)C)Cc1cc(C(=O)OC(C)(C)C)ccc1F. The summed E-state index contributed by atoms with van der Waals surface area (Å²) < 4.78 is 19.5. The van der Waals surface area contributed by atoms with Crippen molar-refractivity contribution in [2.75, 3.05) is 20.1 Å². The molecule has 0 heterocycles. The smallest absolute Gasteiger partial charge is 0.338 e. The van der Waals surface area contributed by atoms with Crippen LogP contribution in [0.5, 0.6) is 0 Å². The zero-order valence-corrected chi connectivity index (χ0v) is 18.0. The highest BCUT2D eigenvalue weighted by Crippen LogP contribution is 2.17. The number of amides is 1. The number of halogens is 1. The third kappa shape index (κ3) is 9.28. The first-order valence-electron chi connectivity index (χ1n) is 9.42. The molecule has 7 heteroatoms. The summed E-state index contributed by atoms with van der Waals surface area (Å²) in [5.41, 5.74) is -0.311. The molecule has 0 unspecified atom stereocenters. The average molecular weight is 397 g/mol. The van der Waals surface area contributed by atoms with Crippen LogP contribution in [0.1, 0.15) is 63.9 Å². The number of esters is 1. The van der Waals surface area contributed by atoms with E-state index in [1.54, 1.807) is 20.8 Å². The number of hydroxylamine groups is 2. The van der Waals surface area contributed by atoms with Crippen LogP contribution in [0.3, 0.4) is 0 Å². The summed E-state index contributed by atoms with van der Waals surface area (Å²) in [6, 6.07) is 4.24. The lowest BCUT2D eigenvalue weighted by atomic mass is 10.1. The van der Waals surface area contributed by atoms with E-state index in [9.17, 15) is 14.0 Å². The Kier molecular flexibility index (Phi) is 8.57. The predicted octanol–water partition coefficient (Wildman–Crippen LogP) is 3.79.